The van der Waals surface area contributed by atoms with Gasteiger partial charge in [0.05, 0.1) is 5.56 Å². The van der Waals surface area contributed by atoms with E-state index in [9.17, 15) is 9.59 Å². The van der Waals surface area contributed by atoms with Crippen LogP contribution in [-0.2, 0) is 4.79 Å². The number of nitrogens with two attached hydrogens (primary N) is 1. The zero-order chi connectivity index (χ0) is 21.4. The number of nitrogens with one attached hydrogen (secondary N) is 1. The van der Waals surface area contributed by atoms with Crippen molar-refractivity contribution in [1.29, 1.82) is 5.41 Å². The Morgan fingerprint density at radius 1 is 1.10 bits per heavy atom. The van der Waals surface area contributed by atoms with Crippen LogP contribution in [0.1, 0.15) is 35.3 Å². The Morgan fingerprint density at radius 3 is 2.21 bits per heavy atom. The highest BCUT2D eigenvalue weighted by atomic mass is 16.5. The molecule has 0 aromatic heterocycles. The lowest BCUT2D eigenvalue weighted by atomic mass is 10.1. The SMILES string of the molecule is C=CCN(CC)C(=O)/C(C)=C\c1ccc(C(=O)Oc2ccc(C(=N)N)cc2)cc1. The molecule has 0 saturated carbocycles. The minimum absolute atomic E-state index is 0.0492. The molecule has 0 fully saturated rings. The Morgan fingerprint density at radius 2 is 1.69 bits per heavy atom. The van der Waals surface area contributed by atoms with Crippen molar-refractivity contribution < 1.29 is 14.3 Å². The van der Waals surface area contributed by atoms with Crippen LogP contribution < -0.4 is 10.5 Å². The fraction of sp³-hybridized carbons (Fsp3) is 0.174. The highest BCUT2D eigenvalue weighted by Gasteiger charge is 2.13. The molecule has 150 valence electrons. The lowest BCUT2D eigenvalue weighted by Crippen LogP contribution is -2.31. The molecule has 0 saturated heterocycles. The lowest BCUT2D eigenvalue weighted by Gasteiger charge is -2.19. The summed E-state index contributed by atoms with van der Waals surface area (Å²) in [5, 5.41) is 7.37. The van der Waals surface area contributed by atoms with Gasteiger partial charge in [0, 0.05) is 24.2 Å². The number of esters is 1. The molecule has 0 aliphatic carbocycles. The number of hydrogen-bond acceptors (Lipinski definition) is 4. The highest BCUT2D eigenvalue weighted by molar-refractivity contribution is 5.98. The zero-order valence-electron chi connectivity index (χ0n) is 16.6. The van der Waals surface area contributed by atoms with Gasteiger partial charge in [0.1, 0.15) is 11.6 Å². The molecule has 1 amide bonds. The monoisotopic (exact) mass is 391 g/mol. The molecule has 0 bridgehead atoms. The van der Waals surface area contributed by atoms with Crippen LogP contribution in [0.4, 0.5) is 0 Å². The minimum atomic E-state index is -0.493. The van der Waals surface area contributed by atoms with Gasteiger partial charge < -0.3 is 15.4 Å². The van der Waals surface area contributed by atoms with E-state index in [0.717, 1.165) is 5.56 Å². The fourth-order valence-electron chi connectivity index (χ4n) is 2.66. The number of ether oxygens (including phenoxy) is 1. The van der Waals surface area contributed by atoms with Crippen molar-refractivity contribution >= 4 is 23.8 Å². The summed E-state index contributed by atoms with van der Waals surface area (Å²) < 4.78 is 5.33. The van der Waals surface area contributed by atoms with Crippen molar-refractivity contribution in [2.45, 2.75) is 13.8 Å². The number of nitrogen functional groups attached to an aromatic ring is 1. The molecule has 0 spiro atoms. The molecule has 2 rings (SSSR count). The molecule has 2 aromatic carbocycles. The van der Waals surface area contributed by atoms with Crippen LogP contribution in [0.5, 0.6) is 5.75 Å². The molecule has 6 nitrogen and oxygen atoms in total. The molecule has 2 aromatic rings. The van der Waals surface area contributed by atoms with Crippen molar-refractivity contribution in [3.05, 3.63) is 83.4 Å². The van der Waals surface area contributed by atoms with E-state index < -0.39 is 5.97 Å². The molecule has 6 heteroatoms. The third-order valence-electron chi connectivity index (χ3n) is 4.26. The number of hydrogen-bond donors (Lipinski definition) is 2. The number of likely N-dealkylation sites (N-methyl/N-ethyl adjacent to an activating group) is 1. The second-order valence-corrected chi connectivity index (χ2v) is 6.41. The maximum atomic E-state index is 12.4. The zero-order valence-corrected chi connectivity index (χ0v) is 16.6. The number of rotatable bonds is 8. The molecular weight excluding hydrogens is 366 g/mol. The Balaban J connectivity index is 2.06. The van der Waals surface area contributed by atoms with E-state index in [4.69, 9.17) is 15.9 Å². The quantitative estimate of drug-likeness (QED) is 0.179. The first kappa shape index (κ1) is 21.6. The van der Waals surface area contributed by atoms with E-state index in [-0.39, 0.29) is 11.7 Å². The summed E-state index contributed by atoms with van der Waals surface area (Å²) in [5.41, 5.74) is 7.77. The Bertz CT molecular complexity index is 929. The average molecular weight is 391 g/mol. The molecule has 0 aliphatic heterocycles. The van der Waals surface area contributed by atoms with Gasteiger partial charge in [-0.1, -0.05) is 18.2 Å². The number of carbonyl (C=O) groups excluding carboxylic acids is 2. The van der Waals surface area contributed by atoms with Gasteiger partial charge in [0.15, 0.2) is 0 Å². The first-order valence-corrected chi connectivity index (χ1v) is 9.20. The maximum Gasteiger partial charge on any atom is 0.343 e. The van der Waals surface area contributed by atoms with Gasteiger partial charge in [-0.3, -0.25) is 10.2 Å². The number of amidine groups is 1. The molecule has 0 heterocycles. The van der Waals surface area contributed by atoms with Crippen molar-refractivity contribution in [1.82, 2.24) is 4.90 Å². The van der Waals surface area contributed by atoms with Crippen LogP contribution in [0.15, 0.2) is 66.8 Å². The normalized spacial score (nSPS) is 10.9. The number of benzene rings is 2. The first-order chi connectivity index (χ1) is 13.8. The number of nitrogens with zero attached hydrogens (tertiary/aromatic N) is 1. The van der Waals surface area contributed by atoms with Gasteiger partial charge in [-0.25, -0.2) is 4.79 Å². The van der Waals surface area contributed by atoms with Crippen molar-refractivity contribution in [2.24, 2.45) is 5.73 Å². The van der Waals surface area contributed by atoms with Crippen LogP contribution in [-0.4, -0.2) is 35.7 Å². The largest absolute Gasteiger partial charge is 0.423 e. The summed E-state index contributed by atoms with van der Waals surface area (Å²) in [4.78, 5) is 26.4. The average Bonchev–Trinajstić information content (AvgIpc) is 2.72. The number of carbonyl (C=O) groups is 2. The van der Waals surface area contributed by atoms with E-state index in [0.29, 0.717) is 35.5 Å². The first-order valence-electron chi connectivity index (χ1n) is 9.20. The van der Waals surface area contributed by atoms with E-state index in [1.54, 1.807) is 72.5 Å². The third-order valence-corrected chi connectivity index (χ3v) is 4.26. The van der Waals surface area contributed by atoms with Gasteiger partial charge in [-0.15, -0.1) is 6.58 Å². The standard InChI is InChI=1S/C23H25N3O3/c1-4-14-26(5-2)22(27)16(3)15-17-6-8-19(9-7-17)23(28)29-20-12-10-18(11-13-20)21(24)25/h4,6-13,15H,1,5,14H2,2-3H3,(H3,24,25)/b16-15-. The van der Waals surface area contributed by atoms with Crippen LogP contribution in [0, 0.1) is 5.41 Å². The Hall–Kier alpha value is -3.67. The van der Waals surface area contributed by atoms with E-state index in [2.05, 4.69) is 6.58 Å². The van der Waals surface area contributed by atoms with Crippen LogP contribution >= 0.6 is 0 Å². The Labute approximate surface area is 170 Å². The van der Waals surface area contributed by atoms with Gasteiger partial charge >= 0.3 is 5.97 Å². The molecule has 0 unspecified atom stereocenters. The lowest BCUT2D eigenvalue weighted by molar-refractivity contribution is -0.126. The van der Waals surface area contributed by atoms with E-state index in [1.807, 2.05) is 6.92 Å². The van der Waals surface area contributed by atoms with E-state index >= 15 is 0 Å². The molecule has 29 heavy (non-hydrogen) atoms. The smallest absolute Gasteiger partial charge is 0.343 e. The maximum absolute atomic E-state index is 12.4. The van der Waals surface area contributed by atoms with Crippen LogP contribution in [0.2, 0.25) is 0 Å². The van der Waals surface area contributed by atoms with Gasteiger partial charge in [0.2, 0.25) is 5.91 Å². The third kappa shape index (κ3) is 5.90. The topological polar surface area (TPSA) is 96.5 Å². The summed E-state index contributed by atoms with van der Waals surface area (Å²) in [6.45, 7) is 8.46. The fourth-order valence-corrected chi connectivity index (χ4v) is 2.66. The minimum Gasteiger partial charge on any atom is -0.423 e. The van der Waals surface area contributed by atoms with Gasteiger partial charge in [-0.05, 0) is 61.9 Å². The summed E-state index contributed by atoms with van der Waals surface area (Å²) in [7, 11) is 0. The summed E-state index contributed by atoms with van der Waals surface area (Å²) in [6, 6.07) is 13.2. The van der Waals surface area contributed by atoms with Crippen LogP contribution in [0.25, 0.3) is 6.08 Å². The molecule has 0 aliphatic rings. The second kappa shape index (κ2) is 10.0. The Kier molecular flexibility index (Phi) is 7.48. The van der Waals surface area contributed by atoms with Gasteiger partial charge in [0.25, 0.3) is 0 Å². The molecule has 3 N–H and O–H groups in total. The highest BCUT2D eigenvalue weighted by Crippen LogP contribution is 2.16. The summed E-state index contributed by atoms with van der Waals surface area (Å²) >= 11 is 0. The van der Waals surface area contributed by atoms with Gasteiger partial charge in [-0.2, -0.15) is 0 Å². The second-order valence-electron chi connectivity index (χ2n) is 6.41. The van der Waals surface area contributed by atoms with Crippen molar-refractivity contribution in [3.63, 3.8) is 0 Å². The number of amides is 1. The summed E-state index contributed by atoms with van der Waals surface area (Å²) in [5.74, 6) is -0.226. The summed E-state index contributed by atoms with van der Waals surface area (Å²) in [6.07, 6.45) is 3.48. The van der Waals surface area contributed by atoms with Crippen molar-refractivity contribution in [3.8, 4) is 5.75 Å². The van der Waals surface area contributed by atoms with E-state index in [1.165, 1.54) is 0 Å². The van der Waals surface area contributed by atoms with Crippen molar-refractivity contribution in [2.75, 3.05) is 13.1 Å². The molecular formula is C23H25N3O3. The molecule has 0 atom stereocenters. The predicted molar refractivity (Wildman–Crippen MR) is 115 cm³/mol. The molecule has 0 radical (unpaired) electrons. The predicted octanol–water partition coefficient (Wildman–Crippen LogP) is 3.63. The van der Waals surface area contributed by atoms with Crippen LogP contribution in [0.3, 0.4) is 0 Å².